The molecule has 3 N–H and O–H groups in total. The maximum atomic E-state index is 5.66. The summed E-state index contributed by atoms with van der Waals surface area (Å²) in [7, 11) is 0. The van der Waals surface area contributed by atoms with Gasteiger partial charge in [-0.2, -0.15) is 11.8 Å². The summed E-state index contributed by atoms with van der Waals surface area (Å²) >= 11 is 1.93. The van der Waals surface area contributed by atoms with Gasteiger partial charge in [-0.05, 0) is 25.3 Å². The molecular weight excluding hydrogens is 206 g/mol. The maximum Gasteiger partial charge on any atom is 0.0658 e. The van der Waals surface area contributed by atoms with Crippen molar-refractivity contribution in [1.82, 2.24) is 5.32 Å². The van der Waals surface area contributed by atoms with Gasteiger partial charge in [0.1, 0.15) is 0 Å². The second-order valence-corrected chi connectivity index (χ2v) is 4.37. The smallest absolute Gasteiger partial charge is 0.0658 e. The molecule has 0 saturated carbocycles. The third kappa shape index (κ3) is 9.41. The SMILES string of the molecule is C=CN/C=C(/N)C=NC(C)CSCCC. The van der Waals surface area contributed by atoms with E-state index >= 15 is 0 Å². The molecule has 0 aromatic heterocycles. The van der Waals surface area contributed by atoms with Crippen LogP contribution in [0.3, 0.4) is 0 Å². The van der Waals surface area contributed by atoms with Gasteiger partial charge in [0.15, 0.2) is 0 Å². The van der Waals surface area contributed by atoms with Crippen molar-refractivity contribution in [2.75, 3.05) is 11.5 Å². The summed E-state index contributed by atoms with van der Waals surface area (Å²) in [5, 5.41) is 2.80. The highest BCUT2D eigenvalue weighted by Crippen LogP contribution is 2.06. The zero-order chi connectivity index (χ0) is 11.5. The molecule has 15 heavy (non-hydrogen) atoms. The average Bonchev–Trinajstić information content (AvgIpc) is 2.24. The molecule has 4 heteroatoms. The van der Waals surface area contributed by atoms with E-state index in [0.29, 0.717) is 11.7 Å². The summed E-state index contributed by atoms with van der Waals surface area (Å²) < 4.78 is 0. The number of allylic oxidation sites excluding steroid dienone is 1. The van der Waals surface area contributed by atoms with Crippen molar-refractivity contribution < 1.29 is 0 Å². The molecule has 1 unspecified atom stereocenters. The first kappa shape index (κ1) is 14.1. The summed E-state index contributed by atoms with van der Waals surface area (Å²) in [6.45, 7) is 7.79. The second-order valence-electron chi connectivity index (χ2n) is 3.22. The lowest BCUT2D eigenvalue weighted by atomic mass is 10.4. The first-order chi connectivity index (χ1) is 7.20. The topological polar surface area (TPSA) is 50.4 Å². The van der Waals surface area contributed by atoms with Crippen LogP contribution in [0.25, 0.3) is 0 Å². The van der Waals surface area contributed by atoms with Crippen molar-refractivity contribution in [3.05, 3.63) is 24.7 Å². The van der Waals surface area contributed by atoms with Crippen LogP contribution < -0.4 is 11.1 Å². The highest BCUT2D eigenvalue weighted by atomic mass is 32.2. The van der Waals surface area contributed by atoms with Crippen molar-refractivity contribution in [2.45, 2.75) is 26.3 Å². The summed E-state index contributed by atoms with van der Waals surface area (Å²) in [6.07, 6.45) is 6.14. The third-order valence-corrected chi connectivity index (χ3v) is 2.97. The van der Waals surface area contributed by atoms with Gasteiger partial charge in [-0.1, -0.05) is 13.5 Å². The predicted molar refractivity (Wildman–Crippen MR) is 71.2 cm³/mol. The van der Waals surface area contributed by atoms with E-state index in [0.717, 1.165) is 5.75 Å². The molecule has 0 aliphatic rings. The fourth-order valence-corrected chi connectivity index (χ4v) is 1.73. The summed E-state index contributed by atoms with van der Waals surface area (Å²) in [6, 6.07) is 0.317. The van der Waals surface area contributed by atoms with Crippen molar-refractivity contribution in [3.8, 4) is 0 Å². The third-order valence-electron chi connectivity index (χ3n) is 1.55. The first-order valence-corrected chi connectivity index (χ1v) is 6.29. The van der Waals surface area contributed by atoms with Gasteiger partial charge >= 0.3 is 0 Å². The molecule has 0 bridgehead atoms. The van der Waals surface area contributed by atoms with Crippen LogP contribution in [0, 0.1) is 0 Å². The Morgan fingerprint density at radius 2 is 2.40 bits per heavy atom. The molecule has 0 aliphatic carbocycles. The summed E-state index contributed by atoms with van der Waals surface area (Å²) in [4.78, 5) is 4.34. The highest BCUT2D eigenvalue weighted by molar-refractivity contribution is 7.99. The molecular formula is C11H21N3S. The minimum Gasteiger partial charge on any atom is -0.396 e. The van der Waals surface area contributed by atoms with Gasteiger partial charge in [0.25, 0.3) is 0 Å². The molecule has 0 rings (SSSR count). The molecule has 0 aromatic carbocycles. The van der Waals surface area contributed by atoms with Crippen LogP contribution in [0.5, 0.6) is 0 Å². The van der Waals surface area contributed by atoms with Gasteiger partial charge in [0, 0.05) is 18.2 Å². The number of nitrogens with one attached hydrogen (secondary N) is 1. The zero-order valence-corrected chi connectivity index (χ0v) is 10.4. The molecule has 3 nitrogen and oxygen atoms in total. The van der Waals surface area contributed by atoms with Gasteiger partial charge < -0.3 is 11.1 Å². The lowest BCUT2D eigenvalue weighted by Gasteiger charge is -2.04. The minimum absolute atomic E-state index is 0.317. The number of aliphatic imine (C=N–C) groups is 1. The molecule has 0 heterocycles. The van der Waals surface area contributed by atoms with Crippen LogP contribution in [0.2, 0.25) is 0 Å². The lowest BCUT2D eigenvalue weighted by molar-refractivity contribution is 0.852. The summed E-state index contributed by atoms with van der Waals surface area (Å²) in [5.74, 6) is 2.25. The van der Waals surface area contributed by atoms with Crippen LogP contribution in [-0.2, 0) is 0 Å². The Bertz CT molecular complexity index is 224. The Labute approximate surface area is 96.9 Å². The van der Waals surface area contributed by atoms with E-state index in [1.807, 2.05) is 11.8 Å². The Kier molecular flexibility index (Phi) is 9.07. The average molecular weight is 227 g/mol. The number of nitrogens with zero attached hydrogens (tertiary/aromatic N) is 1. The molecule has 0 spiro atoms. The van der Waals surface area contributed by atoms with E-state index in [-0.39, 0.29) is 0 Å². The van der Waals surface area contributed by atoms with Gasteiger partial charge in [-0.3, -0.25) is 4.99 Å². The molecule has 1 atom stereocenters. The number of nitrogens with two attached hydrogens (primary N) is 1. The first-order valence-electron chi connectivity index (χ1n) is 5.14. The number of rotatable bonds is 8. The zero-order valence-electron chi connectivity index (χ0n) is 9.57. The van der Waals surface area contributed by atoms with Crippen LogP contribution in [0.1, 0.15) is 20.3 Å². The Morgan fingerprint density at radius 3 is 3.00 bits per heavy atom. The number of hydrogen-bond donors (Lipinski definition) is 2. The Hall–Kier alpha value is -0.900. The maximum absolute atomic E-state index is 5.66. The number of thioether (sulfide) groups is 1. The Morgan fingerprint density at radius 1 is 1.67 bits per heavy atom. The molecule has 0 radical (unpaired) electrons. The standard InChI is InChI=1S/C11H21N3S/c1-4-6-15-9-10(3)14-8-11(12)7-13-5-2/h5,7-8,10,13H,2,4,6,9,12H2,1,3H3/b11-7+,14-8?. The van der Waals surface area contributed by atoms with Gasteiger partial charge in [-0.25, -0.2) is 0 Å². The monoisotopic (exact) mass is 227 g/mol. The van der Waals surface area contributed by atoms with Crippen LogP contribution in [0.4, 0.5) is 0 Å². The van der Waals surface area contributed by atoms with Crippen molar-refractivity contribution in [3.63, 3.8) is 0 Å². The van der Waals surface area contributed by atoms with Crippen LogP contribution in [0.15, 0.2) is 29.7 Å². The van der Waals surface area contributed by atoms with Crippen molar-refractivity contribution >= 4 is 18.0 Å². The van der Waals surface area contributed by atoms with E-state index in [2.05, 4.69) is 30.7 Å². The van der Waals surface area contributed by atoms with Crippen LogP contribution >= 0.6 is 11.8 Å². The van der Waals surface area contributed by atoms with Gasteiger partial charge in [-0.15, -0.1) is 0 Å². The molecule has 0 fully saturated rings. The quantitative estimate of drug-likeness (QED) is 0.493. The lowest BCUT2D eigenvalue weighted by Crippen LogP contribution is -2.08. The van der Waals surface area contributed by atoms with E-state index in [1.54, 1.807) is 18.6 Å². The van der Waals surface area contributed by atoms with Gasteiger partial charge in [0.05, 0.1) is 11.7 Å². The highest BCUT2D eigenvalue weighted by Gasteiger charge is 1.97. The normalized spacial score (nSPS) is 14.1. The van der Waals surface area contributed by atoms with E-state index in [9.17, 15) is 0 Å². The second kappa shape index (κ2) is 9.65. The molecule has 86 valence electrons. The largest absolute Gasteiger partial charge is 0.396 e. The van der Waals surface area contributed by atoms with E-state index in [1.165, 1.54) is 12.2 Å². The molecule has 0 aromatic rings. The van der Waals surface area contributed by atoms with Crippen molar-refractivity contribution in [1.29, 1.82) is 0 Å². The predicted octanol–water partition coefficient (Wildman–Crippen LogP) is 2.12. The Balaban J connectivity index is 3.78. The summed E-state index contributed by atoms with van der Waals surface area (Å²) in [5.41, 5.74) is 6.27. The van der Waals surface area contributed by atoms with Gasteiger partial charge in [0.2, 0.25) is 0 Å². The molecule has 0 amide bonds. The molecule has 0 aliphatic heterocycles. The van der Waals surface area contributed by atoms with E-state index < -0.39 is 0 Å². The molecule has 0 saturated heterocycles. The minimum atomic E-state index is 0.317. The van der Waals surface area contributed by atoms with Crippen LogP contribution in [-0.4, -0.2) is 23.8 Å². The fourth-order valence-electron chi connectivity index (χ4n) is 0.847. The number of hydrogen-bond acceptors (Lipinski definition) is 4. The van der Waals surface area contributed by atoms with E-state index in [4.69, 9.17) is 5.73 Å². The van der Waals surface area contributed by atoms with Crippen molar-refractivity contribution in [2.24, 2.45) is 10.7 Å². The fraction of sp³-hybridized carbons (Fsp3) is 0.545.